The van der Waals surface area contributed by atoms with Crippen LogP contribution >= 0.6 is 19.5 Å². The van der Waals surface area contributed by atoms with Crippen LogP contribution in [0.25, 0.3) is 11.2 Å². The Labute approximate surface area is 476 Å². The second kappa shape index (κ2) is 33.9. The van der Waals surface area contributed by atoms with Crippen LogP contribution in [0.2, 0.25) is 0 Å². The van der Waals surface area contributed by atoms with Crippen molar-refractivity contribution in [2.24, 2.45) is 27.9 Å². The lowest BCUT2D eigenvalue weighted by atomic mass is 10.1. The molecule has 40 heteroatoms. The van der Waals surface area contributed by atoms with E-state index in [1.54, 1.807) is 6.26 Å². The molecule has 0 saturated carbocycles. The maximum atomic E-state index is 14.0. The minimum Gasteiger partial charge on any atom is -0.481 e. The molecule has 83 heavy (non-hydrogen) atoms. The summed E-state index contributed by atoms with van der Waals surface area (Å²) >= 11 is 1.34. The fourth-order valence-corrected chi connectivity index (χ4v) is 9.16. The number of nitrogens with zero attached hydrogens (tertiary/aromatic N) is 5. The normalized spacial score (nSPS) is 18.8. The Hall–Kier alpha value is -7.91. The van der Waals surface area contributed by atoms with Gasteiger partial charge in [0.25, 0.3) is 5.91 Å². The van der Waals surface area contributed by atoms with Gasteiger partial charge in [0.15, 0.2) is 23.7 Å². The van der Waals surface area contributed by atoms with Crippen molar-refractivity contribution in [2.45, 2.75) is 119 Å². The highest BCUT2D eigenvalue weighted by Gasteiger charge is 2.46. The molecular formula is C43H70N19O19PS. The van der Waals surface area contributed by atoms with Crippen molar-refractivity contribution in [2.75, 3.05) is 50.6 Å². The Kier molecular flexibility index (Phi) is 28.3. The summed E-state index contributed by atoms with van der Waals surface area (Å²) in [4.78, 5) is 156. The number of thioether (sulfide) groups is 1. The molecule has 11 amide bonds. The molecule has 23 N–H and O–H groups in total. The summed E-state index contributed by atoms with van der Waals surface area (Å²) in [5.41, 5.74) is 27.7. The number of hydrogen-bond donors (Lipinski definition) is 18. The molecule has 0 radical (unpaired) electrons. The number of primary amides is 1. The number of aliphatic hydroxyl groups is 3. The number of nitrogens with two attached hydrogens (primary N) is 5. The second-order valence-corrected chi connectivity index (χ2v) is 20.8. The topological polar surface area (TPSA) is 608 Å². The summed E-state index contributed by atoms with van der Waals surface area (Å²) in [5.74, 6) is -10.6. The van der Waals surface area contributed by atoms with E-state index in [0.29, 0.717) is 5.75 Å². The number of fused-ring (bicyclic) bond motifs is 1. The number of carbonyl (C=O) groups is 11. The SMILES string of the molecule is CSCC[C@@H](NC(=O)[C@H](CCCN=C(N)N)NC(=O)[C@@H](NC(=O)CNC(=O)[C@H](CC(N)=O)NC(=O)[C@H](C)NC(=O)NC(CC(=O)O)C(=O)NP(=O)(OCCCN)OC[C@@H]1O[C@H](n2cnc3c(N)ncnc32)[C@@H](O)[C@H]1O)[C@@H](C)O)C(=O)NC=O. The minimum atomic E-state index is -4.89. The molecule has 462 valence electrons. The number of nitrogen functional groups attached to an aromatic ring is 1. The zero-order valence-corrected chi connectivity index (χ0v) is 46.7. The van der Waals surface area contributed by atoms with Crippen molar-refractivity contribution in [3.63, 3.8) is 0 Å². The van der Waals surface area contributed by atoms with Crippen molar-refractivity contribution in [3.8, 4) is 0 Å². The van der Waals surface area contributed by atoms with E-state index >= 15 is 0 Å². The van der Waals surface area contributed by atoms with Crippen molar-refractivity contribution in [1.82, 2.24) is 67.1 Å². The van der Waals surface area contributed by atoms with Crippen molar-refractivity contribution in [3.05, 3.63) is 12.7 Å². The molecule has 0 aliphatic carbocycles. The van der Waals surface area contributed by atoms with E-state index in [2.05, 4.69) is 51.8 Å². The number of rotatable bonds is 36. The van der Waals surface area contributed by atoms with Gasteiger partial charge in [0.05, 0.1) is 45.0 Å². The van der Waals surface area contributed by atoms with Gasteiger partial charge in [0, 0.05) is 6.54 Å². The summed E-state index contributed by atoms with van der Waals surface area (Å²) in [6.07, 6.45) is -5.62. The average molecular weight is 1220 g/mol. The molecule has 12 atom stereocenters. The number of carbonyl (C=O) groups excluding carboxylic acids is 10. The lowest BCUT2D eigenvalue weighted by Crippen LogP contribution is -2.60. The van der Waals surface area contributed by atoms with Crippen molar-refractivity contribution < 1.29 is 91.5 Å². The number of aliphatic imine (C=N–C) groups is 1. The van der Waals surface area contributed by atoms with Gasteiger partial charge >= 0.3 is 19.7 Å². The van der Waals surface area contributed by atoms with Crippen LogP contribution < -0.4 is 76.3 Å². The van der Waals surface area contributed by atoms with Crippen molar-refractivity contribution >= 4 is 108 Å². The fourth-order valence-electron chi connectivity index (χ4n) is 7.35. The molecule has 1 aliphatic heterocycles. The van der Waals surface area contributed by atoms with Gasteiger partial charge in [-0.3, -0.25) is 77.0 Å². The first kappa shape index (κ1) is 69.4. The number of imidazole rings is 1. The third-order valence-corrected chi connectivity index (χ3v) is 13.7. The molecule has 2 aromatic rings. The lowest BCUT2D eigenvalue weighted by molar-refractivity contribution is -0.139. The predicted octanol–water partition coefficient (Wildman–Crippen LogP) is -8.44. The molecule has 2 unspecified atom stereocenters. The first-order valence-electron chi connectivity index (χ1n) is 25.0. The van der Waals surface area contributed by atoms with Crippen LogP contribution in [0.3, 0.4) is 0 Å². The Morgan fingerprint density at radius 2 is 1.49 bits per heavy atom. The highest BCUT2D eigenvalue weighted by Crippen LogP contribution is 2.45. The van der Waals surface area contributed by atoms with Gasteiger partial charge in [0.2, 0.25) is 47.8 Å². The number of aliphatic hydroxyl groups excluding tert-OH is 3. The summed E-state index contributed by atoms with van der Waals surface area (Å²) < 4.78 is 31.7. The number of carboxylic acids is 1. The quantitative estimate of drug-likeness (QED) is 0.00990. The molecular weight excluding hydrogens is 1150 g/mol. The van der Waals surface area contributed by atoms with E-state index in [4.69, 9.17) is 42.5 Å². The molecule has 38 nitrogen and oxygen atoms in total. The second-order valence-electron chi connectivity index (χ2n) is 18.1. The minimum absolute atomic E-state index is 0.00149. The molecule has 0 aromatic carbocycles. The number of imide groups is 1. The average Bonchev–Trinajstić information content (AvgIpc) is 3.23. The largest absolute Gasteiger partial charge is 0.481 e. The lowest BCUT2D eigenvalue weighted by Gasteiger charge is -2.26. The van der Waals surface area contributed by atoms with Crippen LogP contribution in [-0.2, 0) is 66.3 Å². The number of carboxylic acid groups (broad SMARTS) is 1. The summed E-state index contributed by atoms with van der Waals surface area (Å²) in [6.45, 7) is -0.0605. The standard InChI is InChI=1S/C43H70N19O19PS/c1-19(55-43(77)59-24(13-28(67)68)39(75)61-82(78,79-10-5-8-44)80-15-25-31(69)32(70)41(81-25)62-17-53-30-33(46)51-16-52-34(30)62)35(71)58-23(12-26(45)65)37(73)50-14-27(66)60-29(20(2)64)40(76)57-21(6-4-9-49-42(47)48)38(74)56-22(7-11-83-3)36(72)54-18-63/h16-25,29,31-32,41,64,69-70H,4-15,44H2,1-3H3,(H2,45,65)(H,50,73)(H,56,74)(H,57,76)(H,58,71)(H,60,66)(H,67,68)(H2,46,51,52)(H4,47,48,49)(H,54,63,72)(H2,55,59,77)(H,61,75,78)/t19-,20+,21-,22+,23-,24?,25-,29-,31-,32-,41-,82?/m0/s1. The Morgan fingerprint density at radius 1 is 0.831 bits per heavy atom. The number of guanidine groups is 1. The number of amides is 11. The molecule has 0 bridgehead atoms. The van der Waals surface area contributed by atoms with Crippen LogP contribution in [0.4, 0.5) is 10.6 Å². The first-order chi connectivity index (χ1) is 39.1. The van der Waals surface area contributed by atoms with Crippen LogP contribution in [-0.4, -0.2) is 217 Å². The monoisotopic (exact) mass is 1220 g/mol. The molecule has 3 rings (SSSR count). The molecule has 1 saturated heterocycles. The van der Waals surface area contributed by atoms with Gasteiger partial charge in [-0.2, -0.15) is 11.8 Å². The van der Waals surface area contributed by atoms with Gasteiger partial charge in [-0.05, 0) is 58.1 Å². The van der Waals surface area contributed by atoms with E-state index in [-0.39, 0.29) is 68.1 Å². The van der Waals surface area contributed by atoms with E-state index < -0.39 is 166 Å². The molecule has 0 spiro atoms. The number of nitrogens with one attached hydrogen (secondary N) is 9. The van der Waals surface area contributed by atoms with Gasteiger partial charge in [-0.1, -0.05) is 0 Å². The molecule has 1 fully saturated rings. The zero-order valence-electron chi connectivity index (χ0n) is 45.0. The van der Waals surface area contributed by atoms with E-state index in [0.717, 1.165) is 20.2 Å². The third-order valence-electron chi connectivity index (χ3n) is 11.6. The van der Waals surface area contributed by atoms with Crippen LogP contribution in [0.15, 0.2) is 17.6 Å². The van der Waals surface area contributed by atoms with Crippen molar-refractivity contribution in [1.29, 1.82) is 0 Å². The maximum Gasteiger partial charge on any atom is 0.435 e. The van der Waals surface area contributed by atoms with Gasteiger partial charge in [-0.15, -0.1) is 0 Å². The molecule has 2 aromatic heterocycles. The summed E-state index contributed by atoms with van der Waals surface area (Å²) in [7, 11) is -4.89. The molecule has 3 heterocycles. The van der Waals surface area contributed by atoms with Crippen LogP contribution in [0.5, 0.6) is 0 Å². The highest BCUT2D eigenvalue weighted by molar-refractivity contribution is 7.98. The van der Waals surface area contributed by atoms with Gasteiger partial charge in [-0.25, -0.2) is 24.3 Å². The fraction of sp³-hybridized carbons (Fsp3) is 0.605. The van der Waals surface area contributed by atoms with E-state index in [1.165, 1.54) is 22.7 Å². The smallest absolute Gasteiger partial charge is 0.435 e. The number of aliphatic carboxylic acids is 1. The Morgan fingerprint density at radius 3 is 2.12 bits per heavy atom. The van der Waals surface area contributed by atoms with Gasteiger partial charge < -0.3 is 91.0 Å². The number of urea groups is 1. The summed E-state index contributed by atoms with van der Waals surface area (Å²) in [6, 6.07) is -11.4. The number of anilines is 1. The first-order valence-corrected chi connectivity index (χ1v) is 28.0. The van der Waals surface area contributed by atoms with Crippen LogP contribution in [0.1, 0.15) is 58.6 Å². The number of aromatic nitrogens is 4. The van der Waals surface area contributed by atoms with Gasteiger partial charge in [0.1, 0.15) is 66.4 Å². The summed E-state index contributed by atoms with van der Waals surface area (Å²) in [5, 5.41) is 61.0. The highest BCUT2D eigenvalue weighted by atomic mass is 32.2. The van der Waals surface area contributed by atoms with E-state index in [9.17, 15) is 77.7 Å². The third kappa shape index (κ3) is 22.4. The Bertz CT molecular complexity index is 2700. The number of hydrogen-bond acceptors (Lipinski definition) is 25. The van der Waals surface area contributed by atoms with Crippen LogP contribution in [0, 0.1) is 0 Å². The zero-order chi connectivity index (χ0) is 62.1. The Balaban J connectivity index is 1.66. The predicted molar refractivity (Wildman–Crippen MR) is 287 cm³/mol. The van der Waals surface area contributed by atoms with E-state index in [1.807, 2.05) is 15.7 Å². The number of ether oxygens (including phenoxy) is 1. The molecule has 1 aliphatic rings. The maximum absolute atomic E-state index is 14.0.